The first-order valence-corrected chi connectivity index (χ1v) is 5.66. The molecule has 1 aliphatic rings. The van der Waals surface area contributed by atoms with Gasteiger partial charge in [-0.2, -0.15) is 0 Å². The van der Waals surface area contributed by atoms with Crippen LogP contribution in [0.2, 0.25) is 0 Å². The van der Waals surface area contributed by atoms with E-state index in [1.807, 2.05) is 0 Å². The summed E-state index contributed by atoms with van der Waals surface area (Å²) in [5.41, 5.74) is 0. The molecule has 0 radical (unpaired) electrons. The van der Waals surface area contributed by atoms with Crippen LogP contribution in [-0.4, -0.2) is 24.5 Å². The standard InChI is InChI=1S/C12H23N/c1-12(2)8-4-7-11-13-9-5-3-6-10-13/h4,7,12H,3,5-6,8-11H2,1-2H3/b7-4+. The average molecular weight is 181 g/mol. The SMILES string of the molecule is CC(C)C/C=C/CN1CCCCC1. The number of hydrogen-bond acceptors (Lipinski definition) is 1. The maximum Gasteiger partial charge on any atom is 0.0163 e. The van der Waals surface area contributed by atoms with Crippen molar-refractivity contribution < 1.29 is 0 Å². The topological polar surface area (TPSA) is 3.24 Å². The van der Waals surface area contributed by atoms with Crippen molar-refractivity contribution in [2.24, 2.45) is 5.92 Å². The van der Waals surface area contributed by atoms with Gasteiger partial charge >= 0.3 is 0 Å². The van der Waals surface area contributed by atoms with Crippen LogP contribution in [-0.2, 0) is 0 Å². The molecule has 0 saturated carbocycles. The predicted molar refractivity (Wildman–Crippen MR) is 58.9 cm³/mol. The maximum absolute atomic E-state index is 2.56. The van der Waals surface area contributed by atoms with Crippen LogP contribution in [0.1, 0.15) is 39.5 Å². The highest BCUT2D eigenvalue weighted by molar-refractivity contribution is 4.86. The van der Waals surface area contributed by atoms with Crippen LogP contribution >= 0.6 is 0 Å². The molecule has 0 amide bonds. The molecule has 1 fully saturated rings. The fraction of sp³-hybridized carbons (Fsp3) is 0.833. The molecular formula is C12H23N. The second kappa shape index (κ2) is 6.20. The third kappa shape index (κ3) is 5.09. The molecule has 0 aromatic rings. The van der Waals surface area contributed by atoms with E-state index in [0.717, 1.165) is 5.92 Å². The normalized spacial score (nSPS) is 20.2. The van der Waals surface area contributed by atoms with Crippen LogP contribution in [0.25, 0.3) is 0 Å². The van der Waals surface area contributed by atoms with Crippen LogP contribution in [0.15, 0.2) is 12.2 Å². The minimum Gasteiger partial charge on any atom is -0.300 e. The molecule has 1 heterocycles. The molecule has 1 saturated heterocycles. The van der Waals surface area contributed by atoms with E-state index in [0.29, 0.717) is 0 Å². The number of hydrogen-bond donors (Lipinski definition) is 0. The quantitative estimate of drug-likeness (QED) is 0.602. The lowest BCUT2D eigenvalue weighted by atomic mass is 10.1. The Kier molecular flexibility index (Phi) is 5.14. The molecule has 0 aliphatic carbocycles. The van der Waals surface area contributed by atoms with Crippen LogP contribution in [0.3, 0.4) is 0 Å². The van der Waals surface area contributed by atoms with E-state index in [-0.39, 0.29) is 0 Å². The zero-order valence-electron chi connectivity index (χ0n) is 9.13. The number of piperidine rings is 1. The number of likely N-dealkylation sites (tertiary alicyclic amines) is 1. The predicted octanol–water partition coefficient (Wildman–Crippen LogP) is 3.07. The van der Waals surface area contributed by atoms with Gasteiger partial charge in [0.15, 0.2) is 0 Å². The number of rotatable bonds is 4. The fourth-order valence-electron chi connectivity index (χ4n) is 1.73. The van der Waals surface area contributed by atoms with Gasteiger partial charge in [0.1, 0.15) is 0 Å². The monoisotopic (exact) mass is 181 g/mol. The van der Waals surface area contributed by atoms with Gasteiger partial charge in [-0.05, 0) is 38.3 Å². The highest BCUT2D eigenvalue weighted by Gasteiger charge is 2.06. The van der Waals surface area contributed by atoms with Crippen molar-refractivity contribution in [3.63, 3.8) is 0 Å². The van der Waals surface area contributed by atoms with E-state index in [9.17, 15) is 0 Å². The molecule has 0 spiro atoms. The Morgan fingerprint density at radius 1 is 1.08 bits per heavy atom. The molecule has 1 aliphatic heterocycles. The van der Waals surface area contributed by atoms with Crippen molar-refractivity contribution in [2.75, 3.05) is 19.6 Å². The maximum atomic E-state index is 2.56. The second-order valence-corrected chi connectivity index (χ2v) is 4.46. The summed E-state index contributed by atoms with van der Waals surface area (Å²) in [6, 6.07) is 0. The van der Waals surface area contributed by atoms with Crippen molar-refractivity contribution in [1.29, 1.82) is 0 Å². The van der Waals surface area contributed by atoms with Gasteiger partial charge in [0.05, 0.1) is 0 Å². The van der Waals surface area contributed by atoms with Gasteiger partial charge in [0, 0.05) is 6.54 Å². The summed E-state index contributed by atoms with van der Waals surface area (Å²) in [6.45, 7) is 8.33. The third-order valence-electron chi connectivity index (χ3n) is 2.59. The van der Waals surface area contributed by atoms with Gasteiger partial charge < -0.3 is 0 Å². The molecule has 0 atom stereocenters. The van der Waals surface area contributed by atoms with Crippen molar-refractivity contribution >= 4 is 0 Å². The molecule has 0 bridgehead atoms. The summed E-state index contributed by atoms with van der Waals surface area (Å²) < 4.78 is 0. The summed E-state index contributed by atoms with van der Waals surface area (Å²) in [5, 5.41) is 0. The van der Waals surface area contributed by atoms with E-state index >= 15 is 0 Å². The van der Waals surface area contributed by atoms with Gasteiger partial charge in [-0.15, -0.1) is 0 Å². The Hall–Kier alpha value is -0.300. The zero-order valence-corrected chi connectivity index (χ0v) is 9.13. The average Bonchev–Trinajstić information content (AvgIpc) is 2.14. The molecular weight excluding hydrogens is 158 g/mol. The summed E-state index contributed by atoms with van der Waals surface area (Å²) >= 11 is 0. The smallest absolute Gasteiger partial charge is 0.0163 e. The van der Waals surface area contributed by atoms with Gasteiger partial charge in [-0.3, -0.25) is 4.90 Å². The Morgan fingerprint density at radius 3 is 2.38 bits per heavy atom. The van der Waals surface area contributed by atoms with Crippen LogP contribution in [0.5, 0.6) is 0 Å². The summed E-state index contributed by atoms with van der Waals surface area (Å²) in [7, 11) is 0. The summed E-state index contributed by atoms with van der Waals surface area (Å²) in [4.78, 5) is 2.56. The highest BCUT2D eigenvalue weighted by atomic mass is 15.1. The number of allylic oxidation sites excluding steroid dienone is 1. The lowest BCUT2D eigenvalue weighted by Gasteiger charge is -2.24. The van der Waals surface area contributed by atoms with E-state index < -0.39 is 0 Å². The number of nitrogens with zero attached hydrogens (tertiary/aromatic N) is 1. The van der Waals surface area contributed by atoms with E-state index in [1.165, 1.54) is 45.3 Å². The first kappa shape index (κ1) is 10.8. The Balaban J connectivity index is 2.06. The van der Waals surface area contributed by atoms with Crippen molar-refractivity contribution in [3.05, 3.63) is 12.2 Å². The van der Waals surface area contributed by atoms with Crippen molar-refractivity contribution in [1.82, 2.24) is 4.90 Å². The van der Waals surface area contributed by atoms with Crippen molar-refractivity contribution in [3.8, 4) is 0 Å². The minimum atomic E-state index is 0.803. The van der Waals surface area contributed by atoms with Gasteiger partial charge in [0.25, 0.3) is 0 Å². The largest absolute Gasteiger partial charge is 0.300 e. The van der Waals surface area contributed by atoms with Crippen LogP contribution in [0, 0.1) is 5.92 Å². The Bertz CT molecular complexity index is 143. The van der Waals surface area contributed by atoms with Gasteiger partial charge in [0.2, 0.25) is 0 Å². The van der Waals surface area contributed by atoms with E-state index in [1.54, 1.807) is 0 Å². The first-order valence-electron chi connectivity index (χ1n) is 5.66. The minimum absolute atomic E-state index is 0.803. The zero-order chi connectivity index (χ0) is 9.52. The summed E-state index contributed by atoms with van der Waals surface area (Å²) in [6.07, 6.45) is 10.1. The van der Waals surface area contributed by atoms with Crippen LogP contribution < -0.4 is 0 Å². The van der Waals surface area contributed by atoms with Crippen LogP contribution in [0.4, 0.5) is 0 Å². The first-order chi connectivity index (χ1) is 6.29. The van der Waals surface area contributed by atoms with E-state index in [2.05, 4.69) is 30.9 Å². The summed E-state index contributed by atoms with van der Waals surface area (Å²) in [5.74, 6) is 0.803. The molecule has 0 aromatic carbocycles. The van der Waals surface area contributed by atoms with Gasteiger partial charge in [-0.1, -0.05) is 32.4 Å². The Labute approximate surface area is 82.8 Å². The second-order valence-electron chi connectivity index (χ2n) is 4.46. The molecule has 13 heavy (non-hydrogen) atoms. The lowest BCUT2D eigenvalue weighted by molar-refractivity contribution is 0.251. The molecule has 0 unspecified atom stereocenters. The molecule has 1 heteroatoms. The third-order valence-corrected chi connectivity index (χ3v) is 2.59. The van der Waals surface area contributed by atoms with Crippen molar-refractivity contribution in [2.45, 2.75) is 39.5 Å². The molecule has 1 rings (SSSR count). The molecule has 1 nitrogen and oxygen atoms in total. The van der Waals surface area contributed by atoms with Gasteiger partial charge in [-0.25, -0.2) is 0 Å². The fourth-order valence-corrected chi connectivity index (χ4v) is 1.73. The van der Waals surface area contributed by atoms with E-state index in [4.69, 9.17) is 0 Å². The lowest BCUT2D eigenvalue weighted by Crippen LogP contribution is -2.29. The highest BCUT2D eigenvalue weighted by Crippen LogP contribution is 2.08. The molecule has 0 aromatic heterocycles. The molecule has 0 N–H and O–H groups in total. The molecule has 76 valence electrons. The Morgan fingerprint density at radius 2 is 1.77 bits per heavy atom.